The first kappa shape index (κ1) is 15.4. The van der Waals surface area contributed by atoms with Gasteiger partial charge in [-0.05, 0) is 51.2 Å². The van der Waals surface area contributed by atoms with Gasteiger partial charge in [-0.25, -0.2) is 0 Å². The molecule has 1 saturated heterocycles. The summed E-state index contributed by atoms with van der Waals surface area (Å²) >= 11 is 0. The minimum Gasteiger partial charge on any atom is -0.355 e. The highest BCUT2D eigenvalue weighted by Gasteiger charge is 2.22. The van der Waals surface area contributed by atoms with Crippen LogP contribution in [0.2, 0.25) is 0 Å². The summed E-state index contributed by atoms with van der Waals surface area (Å²) in [6.07, 6.45) is 4.96. The quantitative estimate of drug-likeness (QED) is 0.722. The minimum atomic E-state index is 0.177. The van der Waals surface area contributed by atoms with Crippen molar-refractivity contribution in [1.82, 2.24) is 10.2 Å². The fourth-order valence-corrected chi connectivity index (χ4v) is 2.52. The van der Waals surface area contributed by atoms with Crippen LogP contribution < -0.4 is 11.1 Å². The first-order valence-electron chi connectivity index (χ1n) is 7.11. The van der Waals surface area contributed by atoms with Crippen LogP contribution in [0.1, 0.15) is 46.0 Å². The van der Waals surface area contributed by atoms with Crippen LogP contribution in [-0.4, -0.2) is 43.5 Å². The molecule has 0 saturated carbocycles. The van der Waals surface area contributed by atoms with Crippen molar-refractivity contribution in [2.24, 2.45) is 11.1 Å². The Kier molecular flexibility index (Phi) is 6.09. The molecule has 1 aliphatic heterocycles. The van der Waals surface area contributed by atoms with Gasteiger partial charge in [0.2, 0.25) is 5.91 Å². The Morgan fingerprint density at radius 3 is 2.72 bits per heavy atom. The molecular formula is C14H29N3O. The lowest BCUT2D eigenvalue weighted by molar-refractivity contribution is -0.121. The van der Waals surface area contributed by atoms with E-state index in [1.54, 1.807) is 0 Å². The predicted octanol–water partition coefficient (Wildman–Crippen LogP) is 1.35. The number of carbonyl (C=O) groups is 1. The molecule has 3 N–H and O–H groups in total. The molecule has 1 rings (SSSR count). The summed E-state index contributed by atoms with van der Waals surface area (Å²) in [6, 6.07) is 0.533. The molecule has 0 aromatic heterocycles. The van der Waals surface area contributed by atoms with E-state index in [2.05, 4.69) is 31.1 Å². The van der Waals surface area contributed by atoms with Crippen LogP contribution in [0.3, 0.4) is 0 Å². The number of nitrogens with two attached hydrogens (primary N) is 1. The molecule has 0 radical (unpaired) electrons. The van der Waals surface area contributed by atoms with Gasteiger partial charge in [0.05, 0.1) is 0 Å². The third-order valence-electron chi connectivity index (χ3n) is 4.06. The lowest BCUT2D eigenvalue weighted by atomic mass is 9.84. The average molecular weight is 255 g/mol. The lowest BCUT2D eigenvalue weighted by Crippen LogP contribution is -2.38. The zero-order valence-electron chi connectivity index (χ0n) is 12.2. The van der Waals surface area contributed by atoms with Crippen LogP contribution in [0.15, 0.2) is 0 Å². The minimum absolute atomic E-state index is 0.177. The van der Waals surface area contributed by atoms with Crippen molar-refractivity contribution < 1.29 is 4.79 Å². The molecule has 0 aliphatic carbocycles. The second-order valence-corrected chi connectivity index (χ2v) is 6.28. The Bertz CT molecular complexity index is 266. The van der Waals surface area contributed by atoms with Gasteiger partial charge in [-0.15, -0.1) is 0 Å². The van der Waals surface area contributed by atoms with E-state index >= 15 is 0 Å². The van der Waals surface area contributed by atoms with Crippen molar-refractivity contribution >= 4 is 5.91 Å². The first-order valence-corrected chi connectivity index (χ1v) is 7.11. The second-order valence-electron chi connectivity index (χ2n) is 6.28. The molecule has 1 aliphatic rings. The Morgan fingerprint density at radius 1 is 1.44 bits per heavy atom. The molecule has 1 heterocycles. The van der Waals surface area contributed by atoms with Crippen LogP contribution in [0.25, 0.3) is 0 Å². The first-order chi connectivity index (χ1) is 8.44. The van der Waals surface area contributed by atoms with Crippen LogP contribution in [0.5, 0.6) is 0 Å². The van der Waals surface area contributed by atoms with Crippen molar-refractivity contribution in [3.8, 4) is 0 Å². The molecule has 1 amide bonds. The summed E-state index contributed by atoms with van der Waals surface area (Å²) < 4.78 is 0. The summed E-state index contributed by atoms with van der Waals surface area (Å²) in [5.74, 6) is 0.181. The molecule has 4 heteroatoms. The molecule has 1 unspecified atom stereocenters. The normalized spacial score (nSPS) is 21.2. The van der Waals surface area contributed by atoms with Gasteiger partial charge in [-0.1, -0.05) is 13.8 Å². The van der Waals surface area contributed by atoms with Crippen molar-refractivity contribution in [3.63, 3.8) is 0 Å². The van der Waals surface area contributed by atoms with Crippen molar-refractivity contribution in [2.45, 2.75) is 52.0 Å². The van der Waals surface area contributed by atoms with Crippen molar-refractivity contribution in [3.05, 3.63) is 0 Å². The monoisotopic (exact) mass is 255 g/mol. The summed E-state index contributed by atoms with van der Waals surface area (Å²) in [4.78, 5) is 14.1. The molecule has 1 fully saturated rings. The van der Waals surface area contributed by atoms with E-state index in [4.69, 9.17) is 5.73 Å². The zero-order chi connectivity index (χ0) is 13.6. The predicted molar refractivity (Wildman–Crippen MR) is 75.3 cm³/mol. The second kappa shape index (κ2) is 7.10. The number of carbonyl (C=O) groups excluding carboxylic acids is 1. The fraction of sp³-hybridized carbons (Fsp3) is 0.929. The number of likely N-dealkylation sites (tertiary alicyclic amines) is 1. The summed E-state index contributed by atoms with van der Waals surface area (Å²) in [6.45, 7) is 7.01. The fourth-order valence-electron chi connectivity index (χ4n) is 2.52. The van der Waals surface area contributed by atoms with E-state index in [9.17, 15) is 4.79 Å². The topological polar surface area (TPSA) is 58.4 Å². The standard InChI is InChI=1S/C14H29N3O/c1-14(2,8-9-15)7-6-13(18)16-11-12-5-4-10-17(12)3/h12H,4-11,15H2,1-3H3,(H,16,18). The molecular weight excluding hydrogens is 226 g/mol. The highest BCUT2D eigenvalue weighted by atomic mass is 16.1. The third kappa shape index (κ3) is 5.36. The van der Waals surface area contributed by atoms with Gasteiger partial charge >= 0.3 is 0 Å². The summed E-state index contributed by atoms with van der Waals surface area (Å²) in [7, 11) is 2.13. The molecule has 18 heavy (non-hydrogen) atoms. The van der Waals surface area contributed by atoms with Crippen molar-refractivity contribution in [2.75, 3.05) is 26.7 Å². The Morgan fingerprint density at radius 2 is 2.17 bits per heavy atom. The number of nitrogens with one attached hydrogen (secondary N) is 1. The van der Waals surface area contributed by atoms with Gasteiger partial charge < -0.3 is 16.0 Å². The van der Waals surface area contributed by atoms with Gasteiger partial charge in [-0.3, -0.25) is 4.79 Å². The molecule has 4 nitrogen and oxygen atoms in total. The SMILES string of the molecule is CN1CCCC1CNC(=O)CCC(C)(C)CCN. The molecule has 1 atom stereocenters. The number of likely N-dealkylation sites (N-methyl/N-ethyl adjacent to an activating group) is 1. The third-order valence-corrected chi connectivity index (χ3v) is 4.06. The number of amides is 1. The molecule has 0 aromatic rings. The van der Waals surface area contributed by atoms with Gasteiger partial charge in [0.1, 0.15) is 0 Å². The van der Waals surface area contributed by atoms with Crippen molar-refractivity contribution in [1.29, 1.82) is 0 Å². The Hall–Kier alpha value is -0.610. The van der Waals surface area contributed by atoms with E-state index in [0.29, 0.717) is 19.0 Å². The maximum atomic E-state index is 11.8. The maximum Gasteiger partial charge on any atom is 0.220 e. The molecule has 0 spiro atoms. The average Bonchev–Trinajstić information content (AvgIpc) is 2.70. The van der Waals surface area contributed by atoms with Gasteiger partial charge in [0.25, 0.3) is 0 Å². The van der Waals surface area contributed by atoms with Crippen LogP contribution >= 0.6 is 0 Å². The van der Waals surface area contributed by atoms with Gasteiger partial charge in [0, 0.05) is 19.0 Å². The molecule has 0 aromatic carbocycles. The molecule has 106 valence electrons. The maximum absolute atomic E-state index is 11.8. The number of rotatable bonds is 7. The summed E-state index contributed by atoms with van der Waals surface area (Å²) in [5, 5.41) is 3.06. The number of hydrogen-bond acceptors (Lipinski definition) is 3. The molecule has 0 bridgehead atoms. The highest BCUT2D eigenvalue weighted by Crippen LogP contribution is 2.25. The van der Waals surface area contributed by atoms with E-state index < -0.39 is 0 Å². The smallest absolute Gasteiger partial charge is 0.220 e. The number of hydrogen-bond donors (Lipinski definition) is 2. The van der Waals surface area contributed by atoms with Gasteiger partial charge in [-0.2, -0.15) is 0 Å². The zero-order valence-corrected chi connectivity index (χ0v) is 12.2. The Labute approximate surface area is 111 Å². The lowest BCUT2D eigenvalue weighted by Gasteiger charge is -2.24. The van der Waals surface area contributed by atoms with E-state index in [0.717, 1.165) is 25.9 Å². The van der Waals surface area contributed by atoms with Crippen LogP contribution in [0.4, 0.5) is 0 Å². The largest absolute Gasteiger partial charge is 0.355 e. The van der Waals surface area contributed by atoms with Crippen LogP contribution in [-0.2, 0) is 4.79 Å². The van der Waals surface area contributed by atoms with Gasteiger partial charge in [0.15, 0.2) is 0 Å². The van der Waals surface area contributed by atoms with Crippen LogP contribution in [0, 0.1) is 5.41 Å². The van der Waals surface area contributed by atoms with E-state index in [1.165, 1.54) is 12.8 Å². The van der Waals surface area contributed by atoms with E-state index in [-0.39, 0.29) is 11.3 Å². The summed E-state index contributed by atoms with van der Waals surface area (Å²) in [5.41, 5.74) is 5.75. The Balaban J connectivity index is 2.17. The highest BCUT2D eigenvalue weighted by molar-refractivity contribution is 5.75. The van der Waals surface area contributed by atoms with E-state index in [1.807, 2.05) is 0 Å². The number of nitrogens with zero attached hydrogens (tertiary/aromatic N) is 1.